The topological polar surface area (TPSA) is 66.2 Å². The zero-order valence-corrected chi connectivity index (χ0v) is 18.4. The molecule has 2 aromatic rings. The van der Waals surface area contributed by atoms with E-state index in [0.29, 0.717) is 17.7 Å². The van der Waals surface area contributed by atoms with Gasteiger partial charge in [-0.15, -0.1) is 0 Å². The minimum Gasteiger partial charge on any atom is -0.471 e. The predicted molar refractivity (Wildman–Crippen MR) is 108 cm³/mol. The van der Waals surface area contributed by atoms with Gasteiger partial charge in [0.25, 0.3) is 6.47 Å². The Morgan fingerprint density at radius 2 is 1.77 bits per heavy atom. The summed E-state index contributed by atoms with van der Waals surface area (Å²) in [5.74, 6) is -0.411. The van der Waals surface area contributed by atoms with Crippen molar-refractivity contribution in [2.45, 2.75) is 72.0 Å². The van der Waals surface area contributed by atoms with Gasteiger partial charge in [-0.05, 0) is 45.6 Å². The van der Waals surface area contributed by atoms with Gasteiger partial charge in [0, 0.05) is 29.1 Å². The molecule has 2 heterocycles. The van der Waals surface area contributed by atoms with Crippen LogP contribution in [-0.4, -0.2) is 40.9 Å². The van der Waals surface area contributed by atoms with Crippen LogP contribution >= 0.6 is 0 Å². The Kier molecular flexibility index (Phi) is 10.4. The minimum atomic E-state index is -4.56. The molecule has 0 radical (unpaired) electrons. The zero-order chi connectivity index (χ0) is 23.6. The Hall–Kier alpha value is -2.65. The molecule has 0 spiro atoms. The van der Waals surface area contributed by atoms with E-state index in [4.69, 9.17) is 4.79 Å². The zero-order valence-electron chi connectivity index (χ0n) is 18.4. The average molecular weight is 447 g/mol. The third-order valence-electron chi connectivity index (χ3n) is 4.29. The first-order valence-corrected chi connectivity index (χ1v) is 10.1. The maximum Gasteiger partial charge on any atom is 0.461 e. The number of alkyl halides is 4. The summed E-state index contributed by atoms with van der Waals surface area (Å²) in [5.41, 5.74) is 3.35. The smallest absolute Gasteiger partial charge is 0.461 e. The molecule has 1 aliphatic carbocycles. The first-order valence-electron chi connectivity index (χ1n) is 10.1. The lowest BCUT2D eigenvalue weighted by molar-refractivity contribution is -0.253. The average Bonchev–Trinajstić information content (AvgIpc) is 3.15. The Morgan fingerprint density at radius 1 is 1.16 bits per heavy atom. The number of carbonyl (C=O) groups excluding carboxylic acids is 1. The molecule has 0 atom stereocenters. The third kappa shape index (κ3) is 6.93. The highest BCUT2D eigenvalue weighted by molar-refractivity contribution is 5.65. The molecule has 6 nitrogen and oxygen atoms in total. The largest absolute Gasteiger partial charge is 0.471 e. The third-order valence-corrected chi connectivity index (χ3v) is 4.29. The molecule has 0 amide bonds. The summed E-state index contributed by atoms with van der Waals surface area (Å²) >= 11 is 0. The maximum absolute atomic E-state index is 13.1. The van der Waals surface area contributed by atoms with Crippen LogP contribution in [0.5, 0.6) is 5.75 Å². The lowest BCUT2D eigenvalue weighted by Crippen LogP contribution is -2.33. The van der Waals surface area contributed by atoms with Crippen LogP contribution in [0.4, 0.5) is 17.6 Å². The lowest BCUT2D eigenvalue weighted by atomic mass is 9.94. The first kappa shape index (κ1) is 26.4. The molecule has 0 unspecified atom stereocenters. The summed E-state index contributed by atoms with van der Waals surface area (Å²) in [4.78, 5) is 12.8. The van der Waals surface area contributed by atoms with E-state index in [1.807, 2.05) is 32.4 Å². The molecule has 0 aromatic carbocycles. The molecule has 0 saturated heterocycles. The fraction of sp³-hybridized carbons (Fsp3) is 0.571. The molecule has 3 rings (SSSR count). The SMILES string of the molecule is CC.CC(C)n1nc(-c2cncc(OC(F)(F)C(F)F)c2)c2c1CCCC2.COC=O. The molecule has 0 fully saturated rings. The van der Waals surface area contributed by atoms with Crippen molar-refractivity contribution < 1.29 is 31.8 Å². The van der Waals surface area contributed by atoms with E-state index in [-0.39, 0.29) is 6.04 Å². The van der Waals surface area contributed by atoms with Crippen LogP contribution in [0.2, 0.25) is 0 Å². The number of hydrogen-bond donors (Lipinski definition) is 0. The van der Waals surface area contributed by atoms with Crippen molar-refractivity contribution in [3.63, 3.8) is 0 Å². The van der Waals surface area contributed by atoms with Crippen LogP contribution in [0.25, 0.3) is 11.3 Å². The van der Waals surface area contributed by atoms with Gasteiger partial charge in [0.15, 0.2) is 0 Å². The highest BCUT2D eigenvalue weighted by Gasteiger charge is 2.44. The molecular weight excluding hydrogens is 418 g/mol. The van der Waals surface area contributed by atoms with Crippen LogP contribution in [0.1, 0.15) is 57.8 Å². The number of hydrogen-bond acceptors (Lipinski definition) is 5. The highest BCUT2D eigenvalue weighted by atomic mass is 19.3. The van der Waals surface area contributed by atoms with Gasteiger partial charge in [0.1, 0.15) is 5.75 Å². The van der Waals surface area contributed by atoms with Gasteiger partial charge in [0.2, 0.25) is 0 Å². The summed E-state index contributed by atoms with van der Waals surface area (Å²) in [7, 11) is 1.31. The standard InChI is InChI=1S/C17H19F4N3O.C2H4O2.C2H6/c1-10(2)24-14-6-4-3-5-13(14)15(23-24)11-7-12(9-22-8-11)25-17(20,21)16(18)19;1-4-2-3;1-2/h7-10,16H,3-6H2,1-2H3;2H,1H3;1-2H3. The quantitative estimate of drug-likeness (QED) is 0.435. The Labute approximate surface area is 179 Å². The molecule has 0 N–H and O–H groups in total. The summed E-state index contributed by atoms with van der Waals surface area (Å²) in [5, 5.41) is 4.62. The highest BCUT2D eigenvalue weighted by Crippen LogP contribution is 2.35. The van der Waals surface area contributed by atoms with Crippen molar-refractivity contribution in [1.29, 1.82) is 0 Å². The van der Waals surface area contributed by atoms with E-state index in [1.165, 1.54) is 19.4 Å². The summed E-state index contributed by atoms with van der Waals surface area (Å²) in [6, 6.07) is 1.45. The van der Waals surface area contributed by atoms with Crippen LogP contribution in [0.15, 0.2) is 18.5 Å². The minimum absolute atomic E-state index is 0.163. The van der Waals surface area contributed by atoms with Gasteiger partial charge >= 0.3 is 12.5 Å². The van der Waals surface area contributed by atoms with E-state index in [9.17, 15) is 17.6 Å². The molecule has 174 valence electrons. The van der Waals surface area contributed by atoms with Crippen molar-refractivity contribution in [2.24, 2.45) is 0 Å². The second-order valence-electron chi connectivity index (χ2n) is 6.73. The fourth-order valence-electron chi connectivity index (χ4n) is 3.09. The second-order valence-corrected chi connectivity index (χ2v) is 6.73. The number of carbonyl (C=O) groups is 1. The predicted octanol–water partition coefficient (Wildman–Crippen LogP) is 5.46. The van der Waals surface area contributed by atoms with Gasteiger partial charge in [-0.3, -0.25) is 14.5 Å². The molecule has 0 saturated carbocycles. The normalized spacial score (nSPS) is 12.9. The number of ether oxygens (including phenoxy) is 2. The fourth-order valence-corrected chi connectivity index (χ4v) is 3.09. The van der Waals surface area contributed by atoms with Gasteiger partial charge in [-0.1, -0.05) is 13.8 Å². The first-order chi connectivity index (χ1) is 14.7. The lowest BCUT2D eigenvalue weighted by Gasteiger charge is -2.17. The molecule has 0 bridgehead atoms. The molecule has 31 heavy (non-hydrogen) atoms. The molecule has 2 aromatic heterocycles. The van der Waals surface area contributed by atoms with Gasteiger partial charge in [0.05, 0.1) is 19.0 Å². The van der Waals surface area contributed by atoms with E-state index >= 15 is 0 Å². The van der Waals surface area contributed by atoms with Gasteiger partial charge < -0.3 is 9.47 Å². The maximum atomic E-state index is 13.1. The number of halogens is 4. The number of nitrogens with zero attached hydrogens (tertiary/aromatic N) is 3. The van der Waals surface area contributed by atoms with Crippen LogP contribution < -0.4 is 4.74 Å². The number of rotatable bonds is 6. The van der Waals surface area contributed by atoms with Crippen LogP contribution in [0, 0.1) is 0 Å². The Morgan fingerprint density at radius 3 is 2.32 bits per heavy atom. The molecule has 10 heteroatoms. The summed E-state index contributed by atoms with van der Waals surface area (Å²) < 4.78 is 60.9. The Balaban J connectivity index is 0.000000720. The summed E-state index contributed by atoms with van der Waals surface area (Å²) in [6.45, 7) is 8.42. The molecule has 0 aliphatic heterocycles. The Bertz CT molecular complexity index is 826. The molecular formula is C21H29F4N3O3. The van der Waals surface area contributed by atoms with E-state index in [2.05, 4.69) is 19.6 Å². The number of methoxy groups -OCH3 is 1. The van der Waals surface area contributed by atoms with Crippen molar-refractivity contribution in [3.8, 4) is 17.0 Å². The van der Waals surface area contributed by atoms with Crippen LogP contribution in [-0.2, 0) is 22.4 Å². The van der Waals surface area contributed by atoms with E-state index in [0.717, 1.165) is 43.1 Å². The van der Waals surface area contributed by atoms with Crippen molar-refractivity contribution in [1.82, 2.24) is 14.8 Å². The van der Waals surface area contributed by atoms with Gasteiger partial charge in [-0.25, -0.2) is 0 Å². The second kappa shape index (κ2) is 12.3. The number of pyridine rings is 1. The van der Waals surface area contributed by atoms with Gasteiger partial charge in [-0.2, -0.15) is 22.7 Å². The van der Waals surface area contributed by atoms with E-state index < -0.39 is 18.3 Å². The van der Waals surface area contributed by atoms with Crippen molar-refractivity contribution >= 4 is 6.47 Å². The monoisotopic (exact) mass is 447 g/mol. The number of fused-ring (bicyclic) bond motifs is 1. The van der Waals surface area contributed by atoms with Crippen molar-refractivity contribution in [3.05, 3.63) is 29.7 Å². The van der Waals surface area contributed by atoms with E-state index in [1.54, 1.807) is 0 Å². The summed E-state index contributed by atoms with van der Waals surface area (Å²) in [6.07, 6.45) is -2.14. The number of aromatic nitrogens is 3. The molecule has 1 aliphatic rings. The van der Waals surface area contributed by atoms with Crippen molar-refractivity contribution in [2.75, 3.05) is 7.11 Å². The van der Waals surface area contributed by atoms with Crippen LogP contribution in [0.3, 0.4) is 0 Å².